The zero-order valence-electron chi connectivity index (χ0n) is 66.3. The van der Waals surface area contributed by atoms with Crippen LogP contribution in [0.15, 0.2) is 146 Å². The Hall–Kier alpha value is -5.06. The molecule has 106 heavy (non-hydrogen) atoms. The second-order valence-electron chi connectivity index (χ2n) is 27.0. The number of ether oxygens (including phenoxy) is 4. The van der Waals surface area contributed by atoms with Crippen molar-refractivity contribution in [2.45, 2.75) is 341 Å². The largest absolute Gasteiger partial charge is 0.472 e. The Morgan fingerprint density at radius 2 is 0.509 bits per heavy atom. The van der Waals surface area contributed by atoms with Crippen molar-refractivity contribution in [1.82, 2.24) is 0 Å². The molecule has 0 rings (SSSR count). The van der Waals surface area contributed by atoms with E-state index in [4.69, 9.17) is 37.0 Å². The van der Waals surface area contributed by atoms with Crippen LogP contribution < -0.4 is 0 Å². The molecular formula is C87H146O17P2. The van der Waals surface area contributed by atoms with E-state index in [1.54, 1.807) is 0 Å². The summed E-state index contributed by atoms with van der Waals surface area (Å²) in [5.41, 5.74) is 0. The second-order valence-corrected chi connectivity index (χ2v) is 29.9. The molecule has 19 heteroatoms. The molecule has 0 aliphatic rings. The Morgan fingerprint density at radius 3 is 0.811 bits per heavy atom. The van der Waals surface area contributed by atoms with Gasteiger partial charge in [0.25, 0.3) is 0 Å². The number of aliphatic hydroxyl groups excluding tert-OH is 1. The molecule has 0 aromatic heterocycles. The molecule has 3 N–H and O–H groups in total. The molecule has 0 spiro atoms. The Balaban J connectivity index is 5.47. The van der Waals surface area contributed by atoms with Crippen LogP contribution in [0.25, 0.3) is 0 Å². The van der Waals surface area contributed by atoms with Crippen LogP contribution in [0.4, 0.5) is 0 Å². The fourth-order valence-electron chi connectivity index (χ4n) is 10.5. The first kappa shape index (κ1) is 101. The second kappa shape index (κ2) is 78.1. The minimum atomic E-state index is -5.00. The van der Waals surface area contributed by atoms with Gasteiger partial charge in [-0.05, 0) is 161 Å². The molecule has 0 aliphatic carbocycles. The van der Waals surface area contributed by atoms with E-state index in [9.17, 15) is 43.2 Å². The van der Waals surface area contributed by atoms with E-state index < -0.39 is 97.5 Å². The summed E-state index contributed by atoms with van der Waals surface area (Å²) in [4.78, 5) is 73.1. The van der Waals surface area contributed by atoms with Crippen LogP contribution in [-0.2, 0) is 65.4 Å². The summed E-state index contributed by atoms with van der Waals surface area (Å²) >= 11 is 0. The molecule has 0 saturated carbocycles. The lowest BCUT2D eigenvalue weighted by molar-refractivity contribution is -0.161. The number of carbonyl (C=O) groups excluding carboxylic acids is 4. The highest BCUT2D eigenvalue weighted by Gasteiger charge is 2.30. The summed E-state index contributed by atoms with van der Waals surface area (Å²) in [5, 5.41) is 10.7. The van der Waals surface area contributed by atoms with E-state index in [1.165, 1.54) is 57.8 Å². The van der Waals surface area contributed by atoms with Gasteiger partial charge in [0, 0.05) is 25.7 Å². The molecule has 0 aromatic carbocycles. The van der Waals surface area contributed by atoms with Crippen LogP contribution in [0.5, 0.6) is 0 Å². The Labute approximate surface area is 643 Å². The average molecular weight is 1530 g/mol. The highest BCUT2D eigenvalue weighted by atomic mass is 31.2. The van der Waals surface area contributed by atoms with Gasteiger partial charge >= 0.3 is 39.5 Å². The summed E-state index contributed by atoms with van der Waals surface area (Å²) in [7, 11) is -10.00. The smallest absolute Gasteiger partial charge is 0.462 e. The van der Waals surface area contributed by atoms with E-state index in [0.29, 0.717) is 32.1 Å². The third-order valence-electron chi connectivity index (χ3n) is 16.8. The number of phosphoric acid groups is 2. The lowest BCUT2D eigenvalue weighted by atomic mass is 10.1. The zero-order chi connectivity index (χ0) is 77.4. The van der Waals surface area contributed by atoms with E-state index in [1.807, 2.05) is 18.2 Å². The molecule has 0 fully saturated rings. The van der Waals surface area contributed by atoms with Gasteiger partial charge in [-0.15, -0.1) is 0 Å². The van der Waals surface area contributed by atoms with Crippen LogP contribution in [0, 0.1) is 0 Å². The fourth-order valence-corrected chi connectivity index (χ4v) is 12.1. The molecule has 0 radical (unpaired) electrons. The van der Waals surface area contributed by atoms with E-state index >= 15 is 0 Å². The normalized spacial score (nSPS) is 14.6. The molecule has 0 saturated heterocycles. The SMILES string of the molecule is CCC=CCC=CCC=CCC=CCC=CCC=CCCC(=O)OCC(COP(=O)(O)OCC(O)COP(=O)(O)OCC(COC(=O)CCCCCCCC=CCC=CCCCCC)OC(=O)CCCCCCCC=CCC=CCCCCC)OC(=O)CCCCCCCCCC=CCC=CCCCCC. The molecule has 0 bridgehead atoms. The van der Waals surface area contributed by atoms with Crippen LogP contribution in [-0.4, -0.2) is 96.7 Å². The highest BCUT2D eigenvalue weighted by Crippen LogP contribution is 2.45. The minimum absolute atomic E-state index is 0.0304. The van der Waals surface area contributed by atoms with Crippen molar-refractivity contribution < 1.29 is 80.2 Å². The Bertz CT molecular complexity index is 2580. The molecule has 0 heterocycles. The Morgan fingerprint density at radius 1 is 0.274 bits per heavy atom. The average Bonchev–Trinajstić information content (AvgIpc) is 0.902. The monoisotopic (exact) mass is 1530 g/mol. The number of carbonyl (C=O) groups is 4. The van der Waals surface area contributed by atoms with Crippen molar-refractivity contribution in [3.05, 3.63) is 146 Å². The third kappa shape index (κ3) is 77.1. The quantitative estimate of drug-likeness (QED) is 0.0169. The van der Waals surface area contributed by atoms with Gasteiger partial charge in [-0.25, -0.2) is 9.13 Å². The summed E-state index contributed by atoms with van der Waals surface area (Å²) in [6.45, 7) is 4.57. The number of esters is 4. The van der Waals surface area contributed by atoms with Crippen molar-refractivity contribution in [3.8, 4) is 0 Å². The highest BCUT2D eigenvalue weighted by molar-refractivity contribution is 7.47. The van der Waals surface area contributed by atoms with Gasteiger partial charge in [-0.1, -0.05) is 283 Å². The number of aliphatic hydroxyl groups is 1. The first-order valence-electron chi connectivity index (χ1n) is 41.1. The molecule has 606 valence electrons. The van der Waals surface area contributed by atoms with Crippen molar-refractivity contribution in [3.63, 3.8) is 0 Å². The predicted molar refractivity (Wildman–Crippen MR) is 436 cm³/mol. The summed E-state index contributed by atoms with van der Waals surface area (Å²) in [5.74, 6) is -2.31. The first-order chi connectivity index (χ1) is 51.7. The van der Waals surface area contributed by atoms with Gasteiger partial charge in [0.15, 0.2) is 12.2 Å². The van der Waals surface area contributed by atoms with Crippen LogP contribution in [0.2, 0.25) is 0 Å². The van der Waals surface area contributed by atoms with Crippen molar-refractivity contribution in [1.29, 1.82) is 0 Å². The maximum absolute atomic E-state index is 13.1. The predicted octanol–water partition coefficient (Wildman–Crippen LogP) is 24.2. The summed E-state index contributed by atoms with van der Waals surface area (Å²) < 4.78 is 68.6. The molecule has 0 aliphatic heterocycles. The molecule has 5 atom stereocenters. The number of hydrogen-bond donors (Lipinski definition) is 3. The molecule has 17 nitrogen and oxygen atoms in total. The molecule has 0 amide bonds. The van der Waals surface area contributed by atoms with Crippen molar-refractivity contribution in [2.75, 3.05) is 39.6 Å². The number of rotatable bonds is 76. The lowest BCUT2D eigenvalue weighted by Crippen LogP contribution is -2.30. The topological polar surface area (TPSA) is 237 Å². The fraction of sp³-hybridized carbons (Fsp3) is 0.678. The van der Waals surface area contributed by atoms with Gasteiger partial charge in [0.05, 0.1) is 26.4 Å². The van der Waals surface area contributed by atoms with Crippen LogP contribution in [0.1, 0.15) is 323 Å². The number of hydrogen-bond acceptors (Lipinski definition) is 15. The number of allylic oxidation sites excluding steroid dienone is 24. The van der Waals surface area contributed by atoms with E-state index in [-0.39, 0.29) is 25.7 Å². The number of phosphoric ester groups is 2. The number of unbranched alkanes of at least 4 members (excludes halogenated alkanes) is 26. The van der Waals surface area contributed by atoms with Gasteiger partial charge in [-0.2, -0.15) is 0 Å². The summed E-state index contributed by atoms with van der Waals surface area (Å²) in [6, 6.07) is 0. The van der Waals surface area contributed by atoms with Crippen molar-refractivity contribution in [2.24, 2.45) is 0 Å². The molecule has 0 aromatic rings. The maximum Gasteiger partial charge on any atom is 0.472 e. The van der Waals surface area contributed by atoms with Gasteiger partial charge in [0.1, 0.15) is 19.3 Å². The Kier molecular flexibility index (Phi) is 74.3. The molecular weight excluding hydrogens is 1380 g/mol. The maximum atomic E-state index is 13.1. The van der Waals surface area contributed by atoms with Gasteiger partial charge in [0.2, 0.25) is 0 Å². The van der Waals surface area contributed by atoms with E-state index in [2.05, 4.69) is 155 Å². The summed E-state index contributed by atoms with van der Waals surface area (Å²) in [6.07, 6.45) is 89.7. The van der Waals surface area contributed by atoms with Crippen molar-refractivity contribution >= 4 is 39.5 Å². The minimum Gasteiger partial charge on any atom is -0.462 e. The third-order valence-corrected chi connectivity index (χ3v) is 18.7. The van der Waals surface area contributed by atoms with E-state index in [0.717, 1.165) is 180 Å². The van der Waals surface area contributed by atoms with Gasteiger partial charge in [-0.3, -0.25) is 37.3 Å². The van der Waals surface area contributed by atoms with Crippen LogP contribution >= 0.6 is 15.6 Å². The molecule has 5 unspecified atom stereocenters. The van der Waals surface area contributed by atoms with Gasteiger partial charge < -0.3 is 33.8 Å². The zero-order valence-corrected chi connectivity index (χ0v) is 68.1. The lowest BCUT2D eigenvalue weighted by Gasteiger charge is -2.21. The van der Waals surface area contributed by atoms with Crippen LogP contribution in [0.3, 0.4) is 0 Å². The first-order valence-corrected chi connectivity index (χ1v) is 44.1. The standard InChI is InChI=1S/C87H146O17P2/c1-5-9-13-17-21-25-29-33-37-39-40-42-45-48-52-56-60-64-68-72-85(90)98-78-83(104-87(92)74-70-66-62-58-54-50-46-41-38-34-30-26-22-18-14-10-6-2)80-102-106(95,96)100-76-81(88)75-99-105(93,94)101-79-82(103-86(91)73-69-65-61-57-53-49-44-36-32-28-24-20-16-12-8-4)77-97-84(89)71-67-63-59-55-51-47-43-35-31-27-23-19-15-11-7-3/h9,13,21-28,33-38,40,42-44,48,52,60,64,81-83,88H,5-8,10-12,14-20,29-32,39,41,45-47,49-51,53-59,61-63,65-80H2,1-4H3,(H,93,94)(H,95,96).